The zero-order chi connectivity index (χ0) is 16.8. The molecule has 0 bridgehead atoms. The highest BCUT2D eigenvalue weighted by Gasteiger charge is 2.28. The molecule has 2 aliphatic rings. The molecule has 2 fully saturated rings. The molecule has 2 aliphatic heterocycles. The molecule has 1 atom stereocenters. The molecule has 6 nitrogen and oxygen atoms in total. The van der Waals surface area contributed by atoms with Crippen molar-refractivity contribution in [3.8, 4) is 0 Å². The molecule has 2 amide bonds. The van der Waals surface area contributed by atoms with Gasteiger partial charge in [-0.3, -0.25) is 9.59 Å². The van der Waals surface area contributed by atoms with Gasteiger partial charge in [0.2, 0.25) is 11.8 Å². The number of ether oxygens (including phenoxy) is 1. The van der Waals surface area contributed by atoms with Gasteiger partial charge in [0.05, 0.1) is 12.6 Å². The molecule has 8 heteroatoms. The molecule has 2 heterocycles. The monoisotopic (exact) mass is 333 g/mol. The summed E-state index contributed by atoms with van der Waals surface area (Å²) in [4.78, 5) is 26.9. The predicted molar refractivity (Wildman–Crippen MR) is 80.2 cm³/mol. The van der Waals surface area contributed by atoms with Crippen LogP contribution >= 0.6 is 0 Å². The first-order valence-corrected chi connectivity index (χ1v) is 8.06. The number of hydrogen-bond donors (Lipinski definition) is 1. The first-order chi connectivity index (χ1) is 10.9. The summed E-state index contributed by atoms with van der Waals surface area (Å²) >= 11 is 0. The van der Waals surface area contributed by atoms with Crippen molar-refractivity contribution in [2.24, 2.45) is 5.92 Å². The molecule has 1 N–H and O–H groups in total. The van der Waals surface area contributed by atoms with Gasteiger partial charge < -0.3 is 19.9 Å². The third kappa shape index (κ3) is 6.02. The van der Waals surface area contributed by atoms with Crippen molar-refractivity contribution in [1.29, 1.82) is 0 Å². The van der Waals surface area contributed by atoms with Crippen LogP contribution in [0.3, 0.4) is 0 Å². The molecule has 0 aromatic heterocycles. The largest absolute Gasteiger partial charge is 0.365 e. The fourth-order valence-electron chi connectivity index (χ4n) is 3.06. The standard InChI is InChI=1S/C15H25F2N3O3/c1-19-8-12(23-10-15(19)22)9-20-4-2-11(3-5-20)6-14(21)18-7-13(16)17/h11-13H,2-10H2,1H3,(H,18,21). The van der Waals surface area contributed by atoms with Crippen LogP contribution in [0.5, 0.6) is 0 Å². The van der Waals surface area contributed by atoms with Crippen molar-refractivity contribution in [3.63, 3.8) is 0 Å². The fraction of sp³-hybridized carbons (Fsp3) is 0.867. The lowest BCUT2D eigenvalue weighted by Crippen LogP contribution is -2.50. The molecule has 0 spiro atoms. The Hall–Kier alpha value is -1.28. The number of likely N-dealkylation sites (N-methyl/N-ethyl adjacent to an activating group) is 1. The van der Waals surface area contributed by atoms with Gasteiger partial charge in [-0.2, -0.15) is 0 Å². The molecule has 0 radical (unpaired) electrons. The van der Waals surface area contributed by atoms with Gasteiger partial charge in [0.25, 0.3) is 6.43 Å². The maximum Gasteiger partial charge on any atom is 0.255 e. The summed E-state index contributed by atoms with van der Waals surface area (Å²) < 4.78 is 29.6. The fourth-order valence-corrected chi connectivity index (χ4v) is 3.06. The number of morpholine rings is 1. The van der Waals surface area contributed by atoms with E-state index in [2.05, 4.69) is 10.2 Å². The highest BCUT2D eigenvalue weighted by molar-refractivity contribution is 5.77. The number of amides is 2. The normalized spacial score (nSPS) is 24.3. The van der Waals surface area contributed by atoms with Crippen LogP contribution in [0, 0.1) is 5.92 Å². The number of carbonyl (C=O) groups is 2. The third-order valence-corrected chi connectivity index (χ3v) is 4.44. The minimum atomic E-state index is -2.50. The summed E-state index contributed by atoms with van der Waals surface area (Å²) in [5.74, 6) is -0.0327. The maximum atomic E-state index is 12.0. The van der Waals surface area contributed by atoms with Crippen LogP contribution in [0.4, 0.5) is 8.78 Å². The molecule has 0 aliphatic carbocycles. The minimum absolute atomic E-state index is 0.00904. The van der Waals surface area contributed by atoms with Gasteiger partial charge in [-0.25, -0.2) is 8.78 Å². The molecule has 132 valence electrons. The number of halogens is 2. The lowest BCUT2D eigenvalue weighted by atomic mass is 9.93. The number of nitrogens with zero attached hydrogens (tertiary/aromatic N) is 2. The lowest BCUT2D eigenvalue weighted by Gasteiger charge is -2.37. The quantitative estimate of drug-likeness (QED) is 0.761. The van der Waals surface area contributed by atoms with E-state index in [0.29, 0.717) is 13.0 Å². The average Bonchev–Trinajstić information content (AvgIpc) is 2.51. The summed E-state index contributed by atoms with van der Waals surface area (Å²) in [6.07, 6.45) is -0.393. The van der Waals surface area contributed by atoms with E-state index in [1.165, 1.54) is 0 Å². The van der Waals surface area contributed by atoms with Crippen LogP contribution in [0.2, 0.25) is 0 Å². The molecular weight excluding hydrogens is 308 g/mol. The second-order valence-electron chi connectivity index (χ2n) is 6.35. The average molecular weight is 333 g/mol. The van der Waals surface area contributed by atoms with E-state index in [-0.39, 0.29) is 30.4 Å². The SMILES string of the molecule is CN1CC(CN2CCC(CC(=O)NCC(F)F)CC2)OCC1=O. The van der Waals surface area contributed by atoms with Gasteiger partial charge in [-0.05, 0) is 31.8 Å². The van der Waals surface area contributed by atoms with Crippen molar-refractivity contribution in [3.05, 3.63) is 0 Å². The summed E-state index contributed by atoms with van der Waals surface area (Å²) in [6.45, 7) is 2.69. The predicted octanol–water partition coefficient (Wildman–Crippen LogP) is 0.327. The molecule has 0 aromatic rings. The number of carbonyl (C=O) groups excluding carboxylic acids is 2. The summed E-state index contributed by atoms with van der Waals surface area (Å²) in [7, 11) is 1.78. The molecule has 2 rings (SSSR count). The second-order valence-corrected chi connectivity index (χ2v) is 6.35. The van der Waals surface area contributed by atoms with E-state index in [9.17, 15) is 18.4 Å². The van der Waals surface area contributed by atoms with Gasteiger partial charge in [0, 0.05) is 26.6 Å². The number of piperidine rings is 1. The van der Waals surface area contributed by atoms with Crippen LogP contribution in [-0.4, -0.2) is 80.5 Å². The summed E-state index contributed by atoms with van der Waals surface area (Å²) in [6, 6.07) is 0. The molecule has 0 aromatic carbocycles. The van der Waals surface area contributed by atoms with Crippen molar-refractivity contribution in [2.75, 3.05) is 46.4 Å². The van der Waals surface area contributed by atoms with Crippen LogP contribution in [0.15, 0.2) is 0 Å². The molecular formula is C15H25F2N3O3. The molecule has 23 heavy (non-hydrogen) atoms. The number of hydrogen-bond acceptors (Lipinski definition) is 4. The van der Waals surface area contributed by atoms with E-state index >= 15 is 0 Å². The molecule has 2 saturated heterocycles. The molecule has 0 saturated carbocycles. The Balaban J connectivity index is 1.64. The number of nitrogens with one attached hydrogen (secondary N) is 1. The molecule has 1 unspecified atom stereocenters. The first kappa shape index (κ1) is 18.1. The van der Waals surface area contributed by atoms with Gasteiger partial charge in [0.1, 0.15) is 6.61 Å². The van der Waals surface area contributed by atoms with Crippen molar-refractivity contribution in [1.82, 2.24) is 15.1 Å². The van der Waals surface area contributed by atoms with E-state index in [4.69, 9.17) is 4.74 Å². The van der Waals surface area contributed by atoms with Crippen molar-refractivity contribution < 1.29 is 23.1 Å². The Morgan fingerprint density at radius 1 is 1.39 bits per heavy atom. The van der Waals surface area contributed by atoms with E-state index < -0.39 is 13.0 Å². The summed E-state index contributed by atoms with van der Waals surface area (Å²) in [5.41, 5.74) is 0. The lowest BCUT2D eigenvalue weighted by molar-refractivity contribution is -0.148. The highest BCUT2D eigenvalue weighted by Crippen LogP contribution is 2.21. The zero-order valence-corrected chi connectivity index (χ0v) is 13.5. The number of likely N-dealkylation sites (tertiary alicyclic amines) is 1. The Kier molecular flexibility index (Phi) is 6.71. The first-order valence-electron chi connectivity index (χ1n) is 8.06. The zero-order valence-electron chi connectivity index (χ0n) is 13.5. The van der Waals surface area contributed by atoms with Crippen LogP contribution in [0.1, 0.15) is 19.3 Å². The topological polar surface area (TPSA) is 61.9 Å². The number of rotatable bonds is 6. The number of alkyl halides is 2. The Morgan fingerprint density at radius 3 is 2.70 bits per heavy atom. The van der Waals surface area contributed by atoms with Crippen LogP contribution in [-0.2, 0) is 14.3 Å². The van der Waals surface area contributed by atoms with Crippen molar-refractivity contribution >= 4 is 11.8 Å². The van der Waals surface area contributed by atoms with E-state index in [1.54, 1.807) is 11.9 Å². The Bertz CT molecular complexity index is 415. The third-order valence-electron chi connectivity index (χ3n) is 4.44. The van der Waals surface area contributed by atoms with Crippen molar-refractivity contribution in [2.45, 2.75) is 31.8 Å². The van der Waals surface area contributed by atoms with Crippen LogP contribution in [0.25, 0.3) is 0 Å². The van der Waals surface area contributed by atoms with Crippen LogP contribution < -0.4 is 5.32 Å². The van der Waals surface area contributed by atoms with Gasteiger partial charge >= 0.3 is 0 Å². The van der Waals surface area contributed by atoms with Gasteiger partial charge in [-0.1, -0.05) is 0 Å². The smallest absolute Gasteiger partial charge is 0.255 e. The second kappa shape index (κ2) is 8.54. The Labute approximate surface area is 135 Å². The summed E-state index contributed by atoms with van der Waals surface area (Å²) in [5, 5.41) is 2.26. The van der Waals surface area contributed by atoms with E-state index in [1.807, 2.05) is 0 Å². The van der Waals surface area contributed by atoms with Gasteiger partial charge in [-0.15, -0.1) is 0 Å². The minimum Gasteiger partial charge on any atom is -0.365 e. The Morgan fingerprint density at radius 2 is 2.09 bits per heavy atom. The highest BCUT2D eigenvalue weighted by atomic mass is 19.3. The van der Waals surface area contributed by atoms with E-state index in [0.717, 1.165) is 32.5 Å². The maximum absolute atomic E-state index is 12.0. The van der Waals surface area contributed by atoms with Gasteiger partial charge in [0.15, 0.2) is 0 Å².